The van der Waals surface area contributed by atoms with E-state index in [0.717, 1.165) is 5.56 Å². The molecule has 7 heteroatoms. The molecule has 1 atom stereocenters. The van der Waals surface area contributed by atoms with Crippen LogP contribution in [0.3, 0.4) is 0 Å². The molecular weight excluding hydrogens is 393 g/mol. The smallest absolute Gasteiger partial charge is 0.253 e. The first-order valence-electron chi connectivity index (χ1n) is 8.10. The van der Waals surface area contributed by atoms with E-state index in [2.05, 4.69) is 0 Å². The third kappa shape index (κ3) is 6.01. The molecule has 0 radical (unpaired) electrons. The van der Waals surface area contributed by atoms with Crippen LogP contribution < -0.4 is 0 Å². The Kier molecular flexibility index (Phi) is 7.09. The van der Waals surface area contributed by atoms with Gasteiger partial charge in [0.15, 0.2) is 0 Å². The van der Waals surface area contributed by atoms with Gasteiger partial charge in [-0.2, -0.15) is 0 Å². The molecule has 4 nitrogen and oxygen atoms in total. The van der Waals surface area contributed by atoms with Crippen LogP contribution in [-0.4, -0.2) is 44.8 Å². The Labute approximate surface area is 164 Å². The third-order valence-corrected chi connectivity index (χ3v) is 5.83. The van der Waals surface area contributed by atoms with E-state index >= 15 is 0 Å². The van der Waals surface area contributed by atoms with Crippen molar-refractivity contribution < 1.29 is 13.2 Å². The second-order valence-electron chi connectivity index (χ2n) is 6.34. The second-order valence-corrected chi connectivity index (χ2v) is 9.41. The highest BCUT2D eigenvalue weighted by Gasteiger charge is 2.21. The SMILES string of the molecule is CN(CC(CCS(C)(=O)=O)c1ccc(Cl)c(Cl)c1)C(=O)c1ccccc1. The van der Waals surface area contributed by atoms with Crippen LogP contribution in [0.4, 0.5) is 0 Å². The maximum Gasteiger partial charge on any atom is 0.253 e. The van der Waals surface area contributed by atoms with Crippen LogP contribution >= 0.6 is 23.2 Å². The van der Waals surface area contributed by atoms with E-state index in [1.54, 1.807) is 48.3 Å². The van der Waals surface area contributed by atoms with Crippen LogP contribution in [0, 0.1) is 0 Å². The van der Waals surface area contributed by atoms with Crippen molar-refractivity contribution in [1.29, 1.82) is 0 Å². The standard InChI is InChI=1S/C19H21Cl2NO3S/c1-22(19(23)14-6-4-3-5-7-14)13-16(10-11-26(2,24)25)15-8-9-17(20)18(21)12-15/h3-9,12,16H,10-11,13H2,1-2H3. The number of benzene rings is 2. The van der Waals surface area contributed by atoms with Gasteiger partial charge in [-0.3, -0.25) is 4.79 Å². The molecule has 1 unspecified atom stereocenters. The van der Waals surface area contributed by atoms with E-state index in [4.69, 9.17) is 23.2 Å². The first kappa shape index (κ1) is 20.7. The van der Waals surface area contributed by atoms with E-state index in [-0.39, 0.29) is 17.6 Å². The Morgan fingerprint density at radius 1 is 1.08 bits per heavy atom. The van der Waals surface area contributed by atoms with Crippen LogP contribution in [0.15, 0.2) is 48.5 Å². The number of sulfone groups is 1. The lowest BCUT2D eigenvalue weighted by Gasteiger charge is -2.25. The number of amides is 1. The summed E-state index contributed by atoms with van der Waals surface area (Å²) < 4.78 is 23.2. The molecule has 0 aliphatic rings. The quantitative estimate of drug-likeness (QED) is 0.680. The maximum atomic E-state index is 12.6. The summed E-state index contributed by atoms with van der Waals surface area (Å²) in [5, 5.41) is 0.844. The highest BCUT2D eigenvalue weighted by Crippen LogP contribution is 2.29. The number of rotatable bonds is 7. The summed E-state index contributed by atoms with van der Waals surface area (Å²) >= 11 is 12.1. The zero-order valence-electron chi connectivity index (χ0n) is 14.7. The summed E-state index contributed by atoms with van der Waals surface area (Å²) in [5.74, 6) is -0.252. The molecule has 0 N–H and O–H groups in total. The molecule has 0 bridgehead atoms. The number of carbonyl (C=O) groups is 1. The van der Waals surface area contributed by atoms with E-state index in [1.165, 1.54) is 6.26 Å². The second kappa shape index (κ2) is 8.89. The van der Waals surface area contributed by atoms with Gasteiger partial charge in [0.05, 0.1) is 15.8 Å². The molecule has 2 aromatic carbocycles. The van der Waals surface area contributed by atoms with Gasteiger partial charge >= 0.3 is 0 Å². The average molecular weight is 414 g/mol. The lowest BCUT2D eigenvalue weighted by molar-refractivity contribution is 0.0785. The van der Waals surface area contributed by atoms with E-state index in [0.29, 0.717) is 28.6 Å². The van der Waals surface area contributed by atoms with Gasteiger partial charge in [-0.1, -0.05) is 47.5 Å². The molecule has 0 fully saturated rings. The van der Waals surface area contributed by atoms with Crippen molar-refractivity contribution in [3.63, 3.8) is 0 Å². The fourth-order valence-electron chi connectivity index (χ4n) is 2.70. The molecule has 140 valence electrons. The van der Waals surface area contributed by atoms with Crippen molar-refractivity contribution in [1.82, 2.24) is 4.90 Å². The molecule has 2 rings (SSSR count). The average Bonchev–Trinajstić information content (AvgIpc) is 2.60. The van der Waals surface area contributed by atoms with Crippen LogP contribution in [0.2, 0.25) is 10.0 Å². The topological polar surface area (TPSA) is 54.5 Å². The first-order chi connectivity index (χ1) is 12.2. The van der Waals surface area contributed by atoms with Gasteiger partial charge in [0.25, 0.3) is 5.91 Å². The summed E-state index contributed by atoms with van der Waals surface area (Å²) in [5.41, 5.74) is 1.45. The summed E-state index contributed by atoms with van der Waals surface area (Å²) in [6.07, 6.45) is 1.60. The van der Waals surface area contributed by atoms with Gasteiger partial charge in [0.1, 0.15) is 9.84 Å². The minimum atomic E-state index is -3.12. The highest BCUT2D eigenvalue weighted by molar-refractivity contribution is 7.90. The third-order valence-electron chi connectivity index (χ3n) is 4.11. The van der Waals surface area contributed by atoms with Crippen LogP contribution in [0.5, 0.6) is 0 Å². The molecular formula is C19H21Cl2NO3S. The first-order valence-corrected chi connectivity index (χ1v) is 10.9. The monoisotopic (exact) mass is 413 g/mol. The predicted octanol–water partition coefficient (Wildman–Crippen LogP) is 4.28. The summed E-state index contributed by atoms with van der Waals surface area (Å²) in [7, 11) is -1.41. The minimum absolute atomic E-state index is 0.0330. The van der Waals surface area contributed by atoms with E-state index in [9.17, 15) is 13.2 Å². The zero-order valence-corrected chi connectivity index (χ0v) is 17.0. The van der Waals surface area contributed by atoms with Crippen molar-refractivity contribution in [3.8, 4) is 0 Å². The molecule has 2 aromatic rings. The number of carbonyl (C=O) groups excluding carboxylic acids is 1. The molecule has 0 aliphatic carbocycles. The van der Waals surface area contributed by atoms with Crippen LogP contribution in [-0.2, 0) is 9.84 Å². The van der Waals surface area contributed by atoms with Crippen molar-refractivity contribution >= 4 is 38.9 Å². The molecule has 1 amide bonds. The fraction of sp³-hybridized carbons (Fsp3) is 0.316. The number of nitrogens with zero attached hydrogens (tertiary/aromatic N) is 1. The summed E-state index contributed by atoms with van der Waals surface area (Å²) in [6.45, 7) is 0.376. The Hall–Kier alpha value is -1.56. The summed E-state index contributed by atoms with van der Waals surface area (Å²) in [4.78, 5) is 14.2. The van der Waals surface area contributed by atoms with Crippen molar-refractivity contribution in [2.75, 3.05) is 25.6 Å². The molecule has 0 aliphatic heterocycles. The Morgan fingerprint density at radius 2 is 1.73 bits per heavy atom. The maximum absolute atomic E-state index is 12.6. The number of halogens is 2. The number of likely N-dealkylation sites (N-methyl/N-ethyl adjacent to an activating group) is 1. The number of hydrogen-bond acceptors (Lipinski definition) is 3. The minimum Gasteiger partial charge on any atom is -0.341 e. The van der Waals surface area contributed by atoms with E-state index in [1.807, 2.05) is 12.1 Å². The van der Waals surface area contributed by atoms with E-state index < -0.39 is 9.84 Å². The Morgan fingerprint density at radius 3 is 2.31 bits per heavy atom. The zero-order chi connectivity index (χ0) is 19.3. The van der Waals surface area contributed by atoms with Crippen LogP contribution in [0.1, 0.15) is 28.3 Å². The largest absolute Gasteiger partial charge is 0.341 e. The lowest BCUT2D eigenvalue weighted by Crippen LogP contribution is -2.31. The van der Waals surface area contributed by atoms with Crippen LogP contribution in [0.25, 0.3) is 0 Å². The normalized spacial score (nSPS) is 12.6. The molecule has 0 aromatic heterocycles. The Bertz CT molecular complexity index is 870. The van der Waals surface area contributed by atoms with Gasteiger partial charge in [-0.25, -0.2) is 8.42 Å². The fourth-order valence-corrected chi connectivity index (χ4v) is 3.72. The Balaban J connectivity index is 2.22. The lowest BCUT2D eigenvalue weighted by atomic mass is 9.95. The summed E-state index contributed by atoms with van der Waals surface area (Å²) in [6, 6.07) is 14.2. The van der Waals surface area contributed by atoms with Gasteiger partial charge in [0.2, 0.25) is 0 Å². The van der Waals surface area contributed by atoms with Gasteiger partial charge < -0.3 is 4.90 Å². The molecule has 0 saturated heterocycles. The van der Waals surface area contributed by atoms with Crippen molar-refractivity contribution in [3.05, 3.63) is 69.7 Å². The van der Waals surface area contributed by atoms with Crippen molar-refractivity contribution in [2.24, 2.45) is 0 Å². The highest BCUT2D eigenvalue weighted by atomic mass is 35.5. The van der Waals surface area contributed by atoms with Gasteiger partial charge in [-0.05, 0) is 36.2 Å². The van der Waals surface area contributed by atoms with Crippen molar-refractivity contribution in [2.45, 2.75) is 12.3 Å². The number of hydrogen-bond donors (Lipinski definition) is 0. The molecule has 26 heavy (non-hydrogen) atoms. The molecule has 0 spiro atoms. The predicted molar refractivity (Wildman–Crippen MR) is 107 cm³/mol. The van der Waals surface area contributed by atoms with Gasteiger partial charge in [0, 0.05) is 31.3 Å². The molecule has 0 heterocycles. The molecule has 0 saturated carbocycles. The van der Waals surface area contributed by atoms with Gasteiger partial charge in [-0.15, -0.1) is 0 Å².